The first-order valence-corrected chi connectivity index (χ1v) is 11.1. The number of hydrogen-bond donors (Lipinski definition) is 1. The molecule has 0 atom stereocenters. The predicted octanol–water partition coefficient (Wildman–Crippen LogP) is 4.78. The van der Waals surface area contributed by atoms with Crippen LogP contribution in [-0.2, 0) is 10.0 Å². The maximum Gasteiger partial charge on any atom is 0.263 e. The number of nitrogens with one attached hydrogen (secondary N) is 1. The minimum atomic E-state index is -3.81. The summed E-state index contributed by atoms with van der Waals surface area (Å²) in [6.45, 7) is 0. The molecule has 0 aliphatic rings. The molecular formula is C21H18N2O4S2. The van der Waals surface area contributed by atoms with Crippen LogP contribution in [0, 0.1) is 0 Å². The maximum absolute atomic E-state index is 12.7. The van der Waals surface area contributed by atoms with Gasteiger partial charge in [-0.25, -0.2) is 13.4 Å². The summed E-state index contributed by atoms with van der Waals surface area (Å²) in [5.74, 6) is 0.797. The minimum Gasteiger partial charge on any atom is -0.493 e. The maximum atomic E-state index is 12.7. The van der Waals surface area contributed by atoms with Crippen molar-refractivity contribution in [1.29, 1.82) is 0 Å². The molecule has 29 heavy (non-hydrogen) atoms. The van der Waals surface area contributed by atoms with Gasteiger partial charge in [0.25, 0.3) is 10.0 Å². The number of rotatable bonds is 6. The quantitative estimate of drug-likeness (QED) is 0.480. The molecule has 0 radical (unpaired) electrons. The van der Waals surface area contributed by atoms with E-state index >= 15 is 0 Å². The van der Waals surface area contributed by atoms with Crippen molar-refractivity contribution < 1.29 is 17.9 Å². The number of methoxy groups -OCH3 is 2. The van der Waals surface area contributed by atoms with E-state index < -0.39 is 10.0 Å². The molecule has 0 unspecified atom stereocenters. The Morgan fingerprint density at radius 2 is 1.66 bits per heavy atom. The molecule has 0 saturated heterocycles. The highest BCUT2D eigenvalue weighted by Crippen LogP contribution is 2.32. The van der Waals surface area contributed by atoms with Crippen molar-refractivity contribution in [3.63, 3.8) is 0 Å². The second-order valence-electron chi connectivity index (χ2n) is 6.22. The van der Waals surface area contributed by atoms with Crippen molar-refractivity contribution in [2.45, 2.75) is 4.90 Å². The lowest BCUT2D eigenvalue weighted by Gasteiger charge is -2.10. The molecule has 3 aromatic carbocycles. The molecule has 6 nitrogen and oxygen atoms in total. The number of anilines is 1. The Morgan fingerprint density at radius 1 is 0.897 bits per heavy atom. The molecule has 0 amide bonds. The Balaban J connectivity index is 1.61. The first-order chi connectivity index (χ1) is 14.0. The molecule has 0 saturated carbocycles. The number of hydrogen-bond acceptors (Lipinski definition) is 6. The Kier molecular flexibility index (Phi) is 5.12. The number of benzene rings is 3. The SMILES string of the molecule is COc1ccc(S(=O)(=O)Nc2nc(-c3ccc4ccccc4c3)cs2)cc1OC. The second kappa shape index (κ2) is 7.73. The van der Waals surface area contributed by atoms with Crippen molar-refractivity contribution in [3.05, 3.63) is 66.0 Å². The van der Waals surface area contributed by atoms with E-state index in [1.165, 1.54) is 37.7 Å². The van der Waals surface area contributed by atoms with E-state index in [4.69, 9.17) is 9.47 Å². The molecule has 0 bridgehead atoms. The summed E-state index contributed by atoms with van der Waals surface area (Å²) in [5.41, 5.74) is 1.64. The summed E-state index contributed by atoms with van der Waals surface area (Å²) in [6, 6.07) is 18.5. The van der Waals surface area contributed by atoms with Crippen molar-refractivity contribution in [2.24, 2.45) is 0 Å². The molecule has 1 aromatic heterocycles. The monoisotopic (exact) mass is 426 g/mol. The van der Waals surface area contributed by atoms with Gasteiger partial charge in [-0.3, -0.25) is 4.72 Å². The molecule has 4 aromatic rings. The number of thiazole rings is 1. The van der Waals surface area contributed by atoms with Crippen LogP contribution in [0.15, 0.2) is 70.9 Å². The van der Waals surface area contributed by atoms with Crippen LogP contribution in [0.3, 0.4) is 0 Å². The molecule has 1 N–H and O–H groups in total. The zero-order valence-corrected chi connectivity index (χ0v) is 17.4. The molecule has 0 aliphatic heterocycles. The first kappa shape index (κ1) is 19.2. The Bertz CT molecular complexity index is 1280. The summed E-state index contributed by atoms with van der Waals surface area (Å²) >= 11 is 1.23. The van der Waals surface area contributed by atoms with Crippen LogP contribution in [0.1, 0.15) is 0 Å². The molecule has 148 valence electrons. The van der Waals surface area contributed by atoms with Crippen molar-refractivity contribution in [3.8, 4) is 22.8 Å². The number of nitrogens with zero attached hydrogens (tertiary/aromatic N) is 1. The van der Waals surface area contributed by atoms with Gasteiger partial charge in [0.1, 0.15) is 0 Å². The molecule has 0 aliphatic carbocycles. The van der Waals surface area contributed by atoms with E-state index in [0.717, 1.165) is 16.3 Å². The average Bonchev–Trinajstić information content (AvgIpc) is 3.20. The molecule has 4 rings (SSSR count). The molecule has 8 heteroatoms. The Labute approximate surface area is 172 Å². The van der Waals surface area contributed by atoms with Gasteiger partial charge in [0, 0.05) is 17.0 Å². The van der Waals surface area contributed by atoms with Crippen LogP contribution in [-0.4, -0.2) is 27.6 Å². The number of aromatic nitrogens is 1. The van der Waals surface area contributed by atoms with Gasteiger partial charge in [0.2, 0.25) is 0 Å². The Hall–Kier alpha value is -3.10. The highest BCUT2D eigenvalue weighted by molar-refractivity contribution is 7.93. The van der Waals surface area contributed by atoms with Crippen LogP contribution >= 0.6 is 11.3 Å². The minimum absolute atomic E-state index is 0.0672. The fraction of sp³-hybridized carbons (Fsp3) is 0.0952. The lowest BCUT2D eigenvalue weighted by atomic mass is 10.1. The van der Waals surface area contributed by atoms with Gasteiger partial charge in [-0.1, -0.05) is 36.4 Å². The van der Waals surface area contributed by atoms with E-state index in [1.807, 2.05) is 47.8 Å². The Morgan fingerprint density at radius 3 is 2.41 bits per heavy atom. The van der Waals surface area contributed by atoms with E-state index in [9.17, 15) is 8.42 Å². The third kappa shape index (κ3) is 3.90. The van der Waals surface area contributed by atoms with Gasteiger partial charge in [-0.05, 0) is 29.0 Å². The standard InChI is InChI=1S/C21H18N2O4S2/c1-26-19-10-9-17(12-20(19)27-2)29(24,25)23-21-22-18(13-28-21)16-8-7-14-5-3-4-6-15(14)11-16/h3-13H,1-2H3,(H,22,23). The van der Waals surface area contributed by atoms with Crippen molar-refractivity contribution in [2.75, 3.05) is 18.9 Å². The van der Waals surface area contributed by atoms with Gasteiger partial charge in [-0.15, -0.1) is 11.3 Å². The fourth-order valence-electron chi connectivity index (χ4n) is 2.96. The summed E-state index contributed by atoms with van der Waals surface area (Å²) in [7, 11) is -0.861. The number of ether oxygens (including phenoxy) is 2. The highest BCUT2D eigenvalue weighted by atomic mass is 32.2. The zero-order valence-electron chi connectivity index (χ0n) is 15.7. The molecular weight excluding hydrogens is 408 g/mol. The van der Waals surface area contributed by atoms with Crippen LogP contribution < -0.4 is 14.2 Å². The van der Waals surface area contributed by atoms with Gasteiger partial charge < -0.3 is 9.47 Å². The van der Waals surface area contributed by atoms with E-state index in [-0.39, 0.29) is 4.90 Å². The lowest BCUT2D eigenvalue weighted by molar-refractivity contribution is 0.354. The highest BCUT2D eigenvalue weighted by Gasteiger charge is 2.19. The van der Waals surface area contributed by atoms with E-state index in [1.54, 1.807) is 6.07 Å². The van der Waals surface area contributed by atoms with Crippen molar-refractivity contribution in [1.82, 2.24) is 4.98 Å². The van der Waals surface area contributed by atoms with Crippen LogP contribution in [0.25, 0.3) is 22.0 Å². The summed E-state index contributed by atoms with van der Waals surface area (Å²) in [6.07, 6.45) is 0. The van der Waals surface area contributed by atoms with Gasteiger partial charge >= 0.3 is 0 Å². The number of sulfonamides is 1. The third-order valence-electron chi connectivity index (χ3n) is 4.44. The van der Waals surface area contributed by atoms with Gasteiger partial charge in [-0.2, -0.15) is 0 Å². The molecule has 1 heterocycles. The summed E-state index contributed by atoms with van der Waals surface area (Å²) in [5, 5.41) is 4.37. The summed E-state index contributed by atoms with van der Waals surface area (Å²) in [4.78, 5) is 4.51. The van der Waals surface area contributed by atoms with Gasteiger partial charge in [0.15, 0.2) is 16.6 Å². The first-order valence-electron chi connectivity index (χ1n) is 8.70. The zero-order chi connectivity index (χ0) is 20.4. The van der Waals surface area contributed by atoms with Gasteiger partial charge in [0.05, 0.1) is 24.8 Å². The average molecular weight is 427 g/mol. The van der Waals surface area contributed by atoms with E-state index in [0.29, 0.717) is 22.3 Å². The predicted molar refractivity (Wildman–Crippen MR) is 115 cm³/mol. The van der Waals surface area contributed by atoms with Crippen LogP contribution in [0.4, 0.5) is 5.13 Å². The largest absolute Gasteiger partial charge is 0.493 e. The molecule has 0 spiro atoms. The van der Waals surface area contributed by atoms with Crippen molar-refractivity contribution >= 4 is 37.3 Å². The number of fused-ring (bicyclic) bond motifs is 1. The second-order valence-corrected chi connectivity index (χ2v) is 8.76. The molecule has 0 fully saturated rings. The lowest BCUT2D eigenvalue weighted by Crippen LogP contribution is -2.13. The smallest absolute Gasteiger partial charge is 0.263 e. The topological polar surface area (TPSA) is 77.5 Å². The van der Waals surface area contributed by atoms with Crippen LogP contribution in [0.5, 0.6) is 11.5 Å². The van der Waals surface area contributed by atoms with Crippen LogP contribution in [0.2, 0.25) is 0 Å². The fourth-order valence-corrected chi connectivity index (χ4v) is 4.95. The van der Waals surface area contributed by atoms with E-state index in [2.05, 4.69) is 9.71 Å². The normalized spacial score (nSPS) is 11.4. The summed E-state index contributed by atoms with van der Waals surface area (Å²) < 4.78 is 38.4. The third-order valence-corrected chi connectivity index (χ3v) is 6.66.